The molecule has 0 saturated carbocycles. The number of nitro groups is 1. The van der Waals surface area contributed by atoms with Crippen LogP contribution in [-0.2, 0) is 11.3 Å². The predicted molar refractivity (Wildman–Crippen MR) is 105 cm³/mol. The van der Waals surface area contributed by atoms with Crippen molar-refractivity contribution in [3.63, 3.8) is 0 Å². The summed E-state index contributed by atoms with van der Waals surface area (Å²) in [5, 5.41) is 30.3. The average molecular weight is 405 g/mol. The third kappa shape index (κ3) is 3.81. The van der Waals surface area contributed by atoms with Gasteiger partial charge in [-0.25, -0.2) is 0 Å². The Bertz CT molecular complexity index is 1070. The van der Waals surface area contributed by atoms with Crippen LogP contribution in [0.5, 0.6) is 5.88 Å². The fraction of sp³-hybridized carbons (Fsp3) is 0.235. The molecule has 8 nitrogen and oxygen atoms in total. The lowest BCUT2D eigenvalue weighted by Gasteiger charge is -2.04. The van der Waals surface area contributed by atoms with Crippen LogP contribution in [0.2, 0.25) is 0 Å². The third-order valence-electron chi connectivity index (χ3n) is 4.10. The molecule has 0 bridgehead atoms. The molecule has 0 saturated heterocycles. The lowest BCUT2D eigenvalue weighted by Crippen LogP contribution is -2.01. The molecular formula is C17H15N3O5S2. The maximum atomic E-state index is 11.0. The van der Waals surface area contributed by atoms with E-state index in [1.54, 1.807) is 19.1 Å². The number of hydrogen-bond acceptors (Lipinski definition) is 7. The molecule has 0 atom stereocenters. The molecule has 2 aromatic rings. The van der Waals surface area contributed by atoms with E-state index in [1.165, 1.54) is 28.0 Å². The highest BCUT2D eigenvalue weighted by Crippen LogP contribution is 2.40. The van der Waals surface area contributed by atoms with Gasteiger partial charge in [-0.15, -0.1) is 11.3 Å². The van der Waals surface area contributed by atoms with Crippen LogP contribution in [0.1, 0.15) is 30.2 Å². The van der Waals surface area contributed by atoms with Gasteiger partial charge in [-0.05, 0) is 37.7 Å². The van der Waals surface area contributed by atoms with Gasteiger partial charge in [0.1, 0.15) is 0 Å². The third-order valence-corrected chi connectivity index (χ3v) is 5.49. The van der Waals surface area contributed by atoms with E-state index in [-0.39, 0.29) is 18.0 Å². The Hall–Kier alpha value is -2.85. The lowest BCUT2D eigenvalue weighted by molar-refractivity contribution is -0.384. The van der Waals surface area contributed by atoms with Crippen molar-refractivity contribution in [2.75, 3.05) is 0 Å². The minimum atomic E-state index is -0.908. The highest BCUT2D eigenvalue weighted by Gasteiger charge is 2.22. The number of aliphatic imine (C=N–C) groups is 1. The Kier molecular flexibility index (Phi) is 5.19. The first-order valence-corrected chi connectivity index (χ1v) is 9.21. The van der Waals surface area contributed by atoms with Gasteiger partial charge >= 0.3 is 5.97 Å². The topological polar surface area (TPSA) is 118 Å². The van der Waals surface area contributed by atoms with Gasteiger partial charge in [0.05, 0.1) is 15.5 Å². The largest absolute Gasteiger partial charge is 0.493 e. The number of non-ortho nitro benzene ring substituents is 1. The van der Waals surface area contributed by atoms with E-state index >= 15 is 0 Å². The van der Waals surface area contributed by atoms with Crippen LogP contribution in [-0.4, -0.2) is 31.4 Å². The van der Waals surface area contributed by atoms with E-state index in [0.717, 1.165) is 0 Å². The van der Waals surface area contributed by atoms with Crippen molar-refractivity contribution in [1.29, 1.82) is 0 Å². The van der Waals surface area contributed by atoms with E-state index in [4.69, 9.17) is 17.3 Å². The minimum absolute atomic E-state index is 0.0176. The number of rotatable bonds is 6. The number of carboxylic acid groups (broad SMARTS) is 1. The molecular weight excluding hydrogens is 390 g/mol. The van der Waals surface area contributed by atoms with Gasteiger partial charge in [0.15, 0.2) is 3.95 Å². The van der Waals surface area contributed by atoms with Crippen LogP contribution < -0.4 is 0 Å². The molecule has 10 heteroatoms. The molecule has 27 heavy (non-hydrogen) atoms. The number of nitrogens with zero attached hydrogens (tertiary/aromatic N) is 3. The maximum absolute atomic E-state index is 11.0. The summed E-state index contributed by atoms with van der Waals surface area (Å²) in [4.78, 5) is 26.1. The molecule has 0 spiro atoms. The lowest BCUT2D eigenvalue weighted by atomic mass is 10.0. The molecule has 2 N–H and O–H groups in total. The number of nitro benzene ring substituents is 1. The zero-order chi connectivity index (χ0) is 19.7. The summed E-state index contributed by atoms with van der Waals surface area (Å²) in [6, 6.07) is 4.46. The summed E-state index contributed by atoms with van der Waals surface area (Å²) < 4.78 is 1.92. The Labute approximate surface area is 162 Å². The van der Waals surface area contributed by atoms with Crippen molar-refractivity contribution in [3.8, 4) is 5.88 Å². The number of aromatic nitrogens is 1. The Balaban J connectivity index is 1.98. The maximum Gasteiger partial charge on any atom is 0.303 e. The molecule has 3 rings (SSSR count). The fourth-order valence-electron chi connectivity index (χ4n) is 2.79. The monoisotopic (exact) mass is 405 g/mol. The minimum Gasteiger partial charge on any atom is -0.493 e. The number of carbonyl (C=O) groups is 1. The molecule has 0 radical (unpaired) electrons. The SMILES string of the molecule is CC1=Nc2ccc([N+](=O)[O-])cc2/C1=C\c1sc(=S)n(CCCC(=O)O)c1O. The summed E-state index contributed by atoms with van der Waals surface area (Å²) in [7, 11) is 0. The highest BCUT2D eigenvalue weighted by atomic mass is 32.1. The van der Waals surface area contributed by atoms with Gasteiger partial charge in [0.2, 0.25) is 5.88 Å². The van der Waals surface area contributed by atoms with E-state index in [2.05, 4.69) is 4.99 Å². The molecule has 140 valence electrons. The molecule has 0 aliphatic carbocycles. The number of fused-ring (bicyclic) bond motifs is 1. The second-order valence-electron chi connectivity index (χ2n) is 5.92. The number of thiazole rings is 1. The first-order valence-electron chi connectivity index (χ1n) is 7.98. The molecule has 2 heterocycles. The van der Waals surface area contributed by atoms with Crippen molar-refractivity contribution in [3.05, 3.63) is 42.7 Å². The summed E-state index contributed by atoms with van der Waals surface area (Å²) >= 11 is 6.46. The molecule has 1 aromatic carbocycles. The van der Waals surface area contributed by atoms with Crippen LogP contribution >= 0.6 is 23.6 Å². The number of hydrogen-bond donors (Lipinski definition) is 2. The van der Waals surface area contributed by atoms with Gasteiger partial charge in [0, 0.05) is 41.9 Å². The number of carboxylic acids is 1. The number of allylic oxidation sites excluding steroid dienone is 1. The first kappa shape index (κ1) is 18.9. The summed E-state index contributed by atoms with van der Waals surface area (Å²) in [5.74, 6) is -0.954. The van der Waals surface area contributed by atoms with E-state index in [1.807, 2.05) is 0 Å². The standard InChI is InChI=1S/C17H15N3O5S2/c1-9-11(12-7-10(20(24)25)4-5-13(12)18-9)8-14-16(23)19(17(26)27-14)6-2-3-15(21)22/h4-5,7-8,23H,2-3,6H2,1H3,(H,21,22)/b11-8-. The van der Waals surface area contributed by atoms with Gasteiger partial charge in [-0.2, -0.15) is 0 Å². The quantitative estimate of drug-likeness (QED) is 0.418. The van der Waals surface area contributed by atoms with Crippen LogP contribution in [0.4, 0.5) is 11.4 Å². The fourth-order valence-corrected chi connectivity index (χ4v) is 4.10. The summed E-state index contributed by atoms with van der Waals surface area (Å²) in [6.07, 6.45) is 2.04. The van der Waals surface area contributed by atoms with Gasteiger partial charge in [-0.3, -0.25) is 24.5 Å². The Morgan fingerprint density at radius 3 is 2.89 bits per heavy atom. The molecule has 0 amide bonds. The van der Waals surface area contributed by atoms with Crippen molar-refractivity contribution in [2.45, 2.75) is 26.3 Å². The van der Waals surface area contributed by atoms with Crippen LogP contribution in [0.25, 0.3) is 11.6 Å². The highest BCUT2D eigenvalue weighted by molar-refractivity contribution is 7.73. The van der Waals surface area contributed by atoms with Crippen LogP contribution in [0.15, 0.2) is 23.2 Å². The van der Waals surface area contributed by atoms with Gasteiger partial charge < -0.3 is 10.2 Å². The normalized spacial score (nSPS) is 14.3. The molecule has 1 aliphatic heterocycles. The summed E-state index contributed by atoms with van der Waals surface area (Å²) in [5.41, 5.74) is 2.58. The van der Waals surface area contributed by atoms with Gasteiger partial charge in [-0.1, -0.05) is 0 Å². The zero-order valence-corrected chi connectivity index (χ0v) is 15.8. The van der Waals surface area contributed by atoms with Crippen molar-refractivity contribution in [2.24, 2.45) is 4.99 Å². The number of aromatic hydroxyl groups is 1. The van der Waals surface area contributed by atoms with E-state index < -0.39 is 10.9 Å². The smallest absolute Gasteiger partial charge is 0.303 e. The second kappa shape index (κ2) is 7.41. The average Bonchev–Trinajstić information content (AvgIpc) is 3.05. The molecule has 0 unspecified atom stereocenters. The Morgan fingerprint density at radius 1 is 1.48 bits per heavy atom. The van der Waals surface area contributed by atoms with Crippen molar-refractivity contribution >= 4 is 58.3 Å². The van der Waals surface area contributed by atoms with Crippen molar-refractivity contribution in [1.82, 2.24) is 4.57 Å². The van der Waals surface area contributed by atoms with Crippen LogP contribution in [0, 0.1) is 14.1 Å². The first-order chi connectivity index (χ1) is 12.8. The molecule has 0 fully saturated rings. The number of benzene rings is 1. The van der Waals surface area contributed by atoms with Gasteiger partial charge in [0.25, 0.3) is 5.69 Å². The van der Waals surface area contributed by atoms with E-state index in [0.29, 0.717) is 44.3 Å². The second-order valence-corrected chi connectivity index (χ2v) is 7.59. The zero-order valence-electron chi connectivity index (χ0n) is 14.2. The van der Waals surface area contributed by atoms with Crippen LogP contribution in [0.3, 0.4) is 0 Å². The van der Waals surface area contributed by atoms with Crippen molar-refractivity contribution < 1.29 is 19.9 Å². The van der Waals surface area contributed by atoms with E-state index in [9.17, 15) is 20.0 Å². The summed E-state index contributed by atoms with van der Waals surface area (Å²) in [6.45, 7) is 2.09. The number of aliphatic carboxylic acids is 1. The predicted octanol–water partition coefficient (Wildman–Crippen LogP) is 4.40. The molecule has 1 aromatic heterocycles. The molecule has 1 aliphatic rings. The Morgan fingerprint density at radius 2 is 2.22 bits per heavy atom.